The third kappa shape index (κ3) is 3.82. The van der Waals surface area contributed by atoms with Crippen LogP contribution in [0.5, 0.6) is 17.2 Å². The van der Waals surface area contributed by atoms with Crippen LogP contribution in [0.15, 0.2) is 35.2 Å². The lowest BCUT2D eigenvalue weighted by Crippen LogP contribution is -2.33. The Hall–Kier alpha value is -2.94. The molecule has 2 aromatic rings. The minimum absolute atomic E-state index is 0.0106. The van der Waals surface area contributed by atoms with Crippen LogP contribution in [0.1, 0.15) is 19.4 Å². The van der Waals surface area contributed by atoms with Crippen LogP contribution in [0.25, 0.3) is 0 Å². The first kappa shape index (κ1) is 20.8. The number of benzene rings is 2. The van der Waals surface area contributed by atoms with Crippen molar-refractivity contribution in [1.29, 1.82) is 0 Å². The van der Waals surface area contributed by atoms with E-state index < -0.39 is 10.0 Å². The molecule has 2 aromatic carbocycles. The summed E-state index contributed by atoms with van der Waals surface area (Å²) < 4.78 is 44.2. The number of hydrogen-bond acceptors (Lipinski definition) is 6. The normalized spacial score (nSPS) is 15.6. The predicted octanol–water partition coefficient (Wildman–Crippen LogP) is 2.81. The van der Waals surface area contributed by atoms with E-state index >= 15 is 0 Å². The summed E-state index contributed by atoms with van der Waals surface area (Å²) in [4.78, 5) is 13.7. The van der Waals surface area contributed by atoms with Gasteiger partial charge < -0.3 is 19.1 Å². The zero-order chi connectivity index (χ0) is 21.3. The molecule has 9 heteroatoms. The Bertz CT molecular complexity index is 1030. The molecule has 1 amide bonds. The van der Waals surface area contributed by atoms with E-state index in [4.69, 9.17) is 14.2 Å². The highest BCUT2D eigenvalue weighted by molar-refractivity contribution is 7.92. The second-order valence-electron chi connectivity index (χ2n) is 6.75. The van der Waals surface area contributed by atoms with Gasteiger partial charge in [-0.3, -0.25) is 9.52 Å². The number of rotatable bonds is 6. The Kier molecular flexibility index (Phi) is 5.61. The summed E-state index contributed by atoms with van der Waals surface area (Å²) in [5, 5.41) is 0. The molecule has 0 aromatic heterocycles. The largest absolute Gasteiger partial charge is 0.493 e. The molecule has 0 saturated heterocycles. The minimum atomic E-state index is -3.87. The predicted molar refractivity (Wildman–Crippen MR) is 110 cm³/mol. The second-order valence-corrected chi connectivity index (χ2v) is 8.43. The van der Waals surface area contributed by atoms with E-state index in [1.165, 1.54) is 46.5 Å². The maximum absolute atomic E-state index is 12.9. The van der Waals surface area contributed by atoms with Crippen molar-refractivity contribution in [2.75, 3.05) is 31.0 Å². The van der Waals surface area contributed by atoms with E-state index in [2.05, 4.69) is 4.72 Å². The number of sulfonamides is 1. The summed E-state index contributed by atoms with van der Waals surface area (Å²) >= 11 is 0. The van der Waals surface area contributed by atoms with Gasteiger partial charge in [-0.2, -0.15) is 0 Å². The lowest BCUT2D eigenvalue weighted by Gasteiger charge is -2.20. The summed E-state index contributed by atoms with van der Waals surface area (Å²) in [5.41, 5.74) is 1.84. The molecule has 3 rings (SSSR count). The van der Waals surface area contributed by atoms with Gasteiger partial charge in [-0.05, 0) is 37.1 Å². The lowest BCUT2D eigenvalue weighted by atomic mass is 10.1. The summed E-state index contributed by atoms with van der Waals surface area (Å²) in [7, 11) is 0.520. The number of hydrogen-bond donors (Lipinski definition) is 1. The van der Waals surface area contributed by atoms with Crippen molar-refractivity contribution >= 4 is 27.3 Å². The third-order valence-electron chi connectivity index (χ3n) is 4.83. The first-order valence-electron chi connectivity index (χ1n) is 8.97. The number of fused-ring (bicyclic) bond motifs is 1. The van der Waals surface area contributed by atoms with Crippen LogP contribution in [0.2, 0.25) is 0 Å². The average molecular weight is 420 g/mol. The molecular weight excluding hydrogens is 396 g/mol. The topological polar surface area (TPSA) is 94.2 Å². The van der Waals surface area contributed by atoms with Crippen LogP contribution in [0.3, 0.4) is 0 Å². The summed E-state index contributed by atoms with van der Waals surface area (Å²) in [6.07, 6.45) is 0.600. The van der Waals surface area contributed by atoms with E-state index in [-0.39, 0.29) is 22.5 Å². The molecule has 8 nitrogen and oxygen atoms in total. The summed E-state index contributed by atoms with van der Waals surface area (Å²) in [6, 6.07) is 7.80. The van der Waals surface area contributed by atoms with Gasteiger partial charge in [0.05, 0.1) is 31.9 Å². The number of nitrogens with zero attached hydrogens (tertiary/aromatic N) is 1. The molecule has 0 unspecified atom stereocenters. The lowest BCUT2D eigenvalue weighted by molar-refractivity contribution is -0.116. The number of carbonyl (C=O) groups is 1. The number of anilines is 2. The average Bonchev–Trinajstić information content (AvgIpc) is 3.01. The minimum Gasteiger partial charge on any atom is -0.493 e. The van der Waals surface area contributed by atoms with E-state index in [9.17, 15) is 13.2 Å². The number of carbonyl (C=O) groups excluding carboxylic acids is 1. The molecule has 0 bridgehead atoms. The first-order chi connectivity index (χ1) is 13.7. The van der Waals surface area contributed by atoms with Gasteiger partial charge in [0.1, 0.15) is 0 Å². The van der Waals surface area contributed by atoms with Crippen molar-refractivity contribution in [3.8, 4) is 17.2 Å². The quantitative estimate of drug-likeness (QED) is 0.772. The van der Waals surface area contributed by atoms with Crippen LogP contribution >= 0.6 is 0 Å². The molecule has 29 heavy (non-hydrogen) atoms. The van der Waals surface area contributed by atoms with Gasteiger partial charge in [-0.25, -0.2) is 8.42 Å². The highest BCUT2D eigenvalue weighted by Crippen LogP contribution is 2.40. The van der Waals surface area contributed by atoms with Gasteiger partial charge in [0.25, 0.3) is 10.0 Å². The molecule has 0 aliphatic carbocycles. The Morgan fingerprint density at radius 3 is 2.21 bits per heavy atom. The third-order valence-corrected chi connectivity index (χ3v) is 6.21. The number of ether oxygens (including phenoxy) is 3. The molecule has 1 atom stereocenters. The van der Waals surface area contributed by atoms with Gasteiger partial charge >= 0.3 is 0 Å². The molecule has 0 radical (unpaired) electrons. The van der Waals surface area contributed by atoms with E-state index in [1.807, 2.05) is 6.92 Å². The van der Waals surface area contributed by atoms with E-state index in [0.717, 1.165) is 11.3 Å². The van der Waals surface area contributed by atoms with Crippen molar-refractivity contribution in [2.24, 2.45) is 0 Å². The maximum atomic E-state index is 12.9. The highest BCUT2D eigenvalue weighted by Gasteiger charge is 2.30. The molecule has 0 saturated carbocycles. The monoisotopic (exact) mass is 420 g/mol. The van der Waals surface area contributed by atoms with Crippen LogP contribution in [-0.4, -0.2) is 41.7 Å². The van der Waals surface area contributed by atoms with Crippen LogP contribution in [0.4, 0.5) is 11.4 Å². The van der Waals surface area contributed by atoms with Crippen molar-refractivity contribution in [3.05, 3.63) is 35.9 Å². The second kappa shape index (κ2) is 7.82. The molecule has 0 fully saturated rings. The number of nitrogens with one attached hydrogen (secondary N) is 1. The van der Waals surface area contributed by atoms with Gasteiger partial charge in [-0.15, -0.1) is 0 Å². The molecule has 0 spiro atoms. The van der Waals surface area contributed by atoms with E-state index in [0.29, 0.717) is 23.7 Å². The van der Waals surface area contributed by atoms with E-state index in [1.54, 1.807) is 17.0 Å². The molecule has 1 aliphatic rings. The van der Waals surface area contributed by atoms with Crippen LogP contribution < -0.4 is 23.8 Å². The molecule has 1 N–H and O–H groups in total. The maximum Gasteiger partial charge on any atom is 0.261 e. The molecular formula is C20H24N2O6S. The van der Waals surface area contributed by atoms with Crippen LogP contribution in [0, 0.1) is 0 Å². The fraction of sp³-hybridized carbons (Fsp3) is 0.350. The fourth-order valence-corrected chi connectivity index (χ4v) is 4.70. The van der Waals surface area contributed by atoms with Crippen molar-refractivity contribution in [2.45, 2.75) is 31.2 Å². The Labute approximate surface area is 170 Å². The Morgan fingerprint density at radius 1 is 1.07 bits per heavy atom. The van der Waals surface area contributed by atoms with Gasteiger partial charge in [0.2, 0.25) is 11.7 Å². The fourth-order valence-electron chi connectivity index (χ4n) is 3.61. The van der Waals surface area contributed by atoms with Crippen molar-refractivity contribution < 1.29 is 27.4 Å². The summed E-state index contributed by atoms with van der Waals surface area (Å²) in [6.45, 7) is 3.44. The smallest absolute Gasteiger partial charge is 0.261 e. The molecule has 1 aliphatic heterocycles. The zero-order valence-electron chi connectivity index (χ0n) is 17.0. The number of amides is 1. The van der Waals surface area contributed by atoms with Gasteiger partial charge in [0.15, 0.2) is 11.5 Å². The highest BCUT2D eigenvalue weighted by atomic mass is 32.2. The zero-order valence-corrected chi connectivity index (χ0v) is 17.8. The van der Waals surface area contributed by atoms with Crippen molar-refractivity contribution in [1.82, 2.24) is 0 Å². The van der Waals surface area contributed by atoms with Crippen LogP contribution in [-0.2, 0) is 21.2 Å². The standard InChI is InChI=1S/C20H24N2O6S/c1-12-8-14-9-16(6-7-17(14)22(12)13(2)23)29(24,25)21-15-10-18(26-3)20(28-5)19(11-15)27-4/h6-7,9-12,21H,8H2,1-5H3/t12-/m0/s1. The first-order valence-corrected chi connectivity index (χ1v) is 10.5. The summed E-state index contributed by atoms with van der Waals surface area (Å²) in [5.74, 6) is 0.977. The van der Waals surface area contributed by atoms with Gasteiger partial charge in [-0.1, -0.05) is 0 Å². The Morgan fingerprint density at radius 2 is 1.69 bits per heavy atom. The molecule has 156 valence electrons. The van der Waals surface area contributed by atoms with Crippen molar-refractivity contribution in [3.63, 3.8) is 0 Å². The number of methoxy groups -OCH3 is 3. The SMILES string of the molecule is COc1cc(NS(=O)(=O)c2ccc3c(c2)C[C@H](C)N3C(C)=O)cc(OC)c1OC. The van der Waals surface area contributed by atoms with Gasteiger partial charge in [0, 0.05) is 30.8 Å². The Balaban J connectivity index is 1.96. The molecule has 1 heterocycles.